The third-order valence-electron chi connectivity index (χ3n) is 5.12. The molecule has 10 nitrogen and oxygen atoms in total. The molecule has 0 radical (unpaired) electrons. The van der Waals surface area contributed by atoms with E-state index in [1.807, 2.05) is 59.1 Å². The summed E-state index contributed by atoms with van der Waals surface area (Å²) in [7, 11) is 1.87. The van der Waals surface area contributed by atoms with E-state index >= 15 is 0 Å². The zero-order chi connectivity index (χ0) is 22.1. The van der Waals surface area contributed by atoms with Crippen LogP contribution in [0.5, 0.6) is 5.75 Å². The Morgan fingerprint density at radius 3 is 3.00 bits per heavy atom. The fourth-order valence-electron chi connectivity index (χ4n) is 3.48. The van der Waals surface area contributed by atoms with Gasteiger partial charge in [0.15, 0.2) is 18.1 Å². The van der Waals surface area contributed by atoms with Crippen molar-refractivity contribution in [2.24, 2.45) is 0 Å². The van der Waals surface area contributed by atoms with E-state index in [4.69, 9.17) is 14.8 Å². The van der Waals surface area contributed by atoms with Crippen LogP contribution in [0.25, 0.3) is 16.9 Å². The van der Waals surface area contributed by atoms with Crippen LogP contribution in [0, 0.1) is 0 Å². The first-order chi connectivity index (χ1) is 15.6. The van der Waals surface area contributed by atoms with Crippen molar-refractivity contribution in [1.29, 1.82) is 0 Å². The lowest BCUT2D eigenvalue weighted by Crippen LogP contribution is -2.25. The summed E-state index contributed by atoms with van der Waals surface area (Å²) in [5, 5.41) is 15.2. The molecule has 3 N–H and O–H groups in total. The number of hydrogen-bond donors (Lipinski definition) is 3. The molecule has 3 aromatic heterocycles. The largest absolute Gasteiger partial charge is 0.482 e. The van der Waals surface area contributed by atoms with Gasteiger partial charge in [-0.15, -0.1) is 0 Å². The van der Waals surface area contributed by atoms with E-state index in [0.29, 0.717) is 35.1 Å². The normalized spacial score (nSPS) is 12.8. The lowest BCUT2D eigenvalue weighted by atomic mass is 10.1. The molecule has 0 saturated heterocycles. The molecule has 0 unspecified atom stereocenters. The van der Waals surface area contributed by atoms with Gasteiger partial charge < -0.3 is 29.8 Å². The van der Waals surface area contributed by atoms with Gasteiger partial charge in [-0.25, -0.2) is 15.0 Å². The van der Waals surface area contributed by atoms with Crippen LogP contribution >= 0.6 is 0 Å². The fraction of sp³-hybridized carbons (Fsp3) is 0.182. The summed E-state index contributed by atoms with van der Waals surface area (Å²) >= 11 is 0. The van der Waals surface area contributed by atoms with Crippen LogP contribution in [-0.4, -0.2) is 57.2 Å². The number of nitrogens with one attached hydrogen (secondary N) is 2. The van der Waals surface area contributed by atoms with Crippen LogP contribution in [-0.2, 0) is 4.79 Å². The van der Waals surface area contributed by atoms with E-state index in [1.54, 1.807) is 12.4 Å². The van der Waals surface area contributed by atoms with E-state index < -0.39 is 0 Å². The van der Waals surface area contributed by atoms with Gasteiger partial charge in [-0.2, -0.15) is 0 Å². The number of nitrogens with zero attached hydrogens (tertiary/aromatic N) is 5. The first kappa shape index (κ1) is 19.8. The highest BCUT2D eigenvalue weighted by Crippen LogP contribution is 2.33. The number of aliphatic hydroxyl groups excluding tert-OH is 1. The van der Waals surface area contributed by atoms with E-state index in [9.17, 15) is 4.79 Å². The summed E-state index contributed by atoms with van der Waals surface area (Å²) in [6.45, 7) is 0.581. The number of fused-ring (bicyclic) bond motifs is 2. The molecular weight excluding hydrogens is 410 g/mol. The number of anilines is 4. The molecule has 4 aromatic rings. The maximum Gasteiger partial charge on any atom is 0.262 e. The molecule has 5 rings (SSSR count). The standard InChI is InChI=1S/C22H21N7O3/c1-28(8-9-30)19-5-3-15(11-24-19)25-21-22-23-6-7-29(22)12-17(27-21)14-2-4-18-16(10-14)26-20(31)13-32-18/h2-7,10-12,30H,8-9,13H2,1H3,(H,25,27)(H,26,31). The molecule has 162 valence electrons. The molecule has 1 aliphatic rings. The van der Waals surface area contributed by atoms with Gasteiger partial charge in [0.25, 0.3) is 5.91 Å². The number of ether oxygens (including phenoxy) is 1. The monoisotopic (exact) mass is 431 g/mol. The quantitative estimate of drug-likeness (QED) is 0.426. The molecule has 10 heteroatoms. The molecular formula is C22H21N7O3. The van der Waals surface area contributed by atoms with Crippen LogP contribution in [0.1, 0.15) is 0 Å². The molecule has 32 heavy (non-hydrogen) atoms. The molecule has 0 bridgehead atoms. The Kier molecular flexibility index (Phi) is 5.04. The van der Waals surface area contributed by atoms with E-state index in [2.05, 4.69) is 20.6 Å². The van der Waals surface area contributed by atoms with Crippen LogP contribution < -0.4 is 20.3 Å². The number of aromatic nitrogens is 4. The Balaban J connectivity index is 1.48. The number of benzene rings is 1. The number of aliphatic hydroxyl groups is 1. The summed E-state index contributed by atoms with van der Waals surface area (Å²) in [4.78, 5) is 27.2. The van der Waals surface area contributed by atoms with Crippen LogP contribution in [0.15, 0.2) is 55.1 Å². The lowest BCUT2D eigenvalue weighted by Gasteiger charge is -2.18. The number of carbonyl (C=O) groups is 1. The molecule has 1 amide bonds. The maximum atomic E-state index is 11.7. The highest BCUT2D eigenvalue weighted by Gasteiger charge is 2.17. The second kappa shape index (κ2) is 8.16. The molecule has 4 heterocycles. The predicted octanol–water partition coefficient (Wildman–Crippen LogP) is 2.29. The fourth-order valence-corrected chi connectivity index (χ4v) is 3.48. The Bertz CT molecular complexity index is 1290. The van der Waals surface area contributed by atoms with Gasteiger partial charge in [0.2, 0.25) is 0 Å². The molecule has 0 aliphatic carbocycles. The Morgan fingerprint density at radius 1 is 1.28 bits per heavy atom. The highest BCUT2D eigenvalue weighted by molar-refractivity contribution is 5.96. The zero-order valence-electron chi connectivity index (χ0n) is 17.3. The molecule has 0 atom stereocenters. The molecule has 1 aliphatic heterocycles. The summed E-state index contributed by atoms with van der Waals surface area (Å²) in [5.74, 6) is 1.78. The minimum atomic E-state index is -0.185. The van der Waals surface area contributed by atoms with Crippen molar-refractivity contribution in [3.05, 3.63) is 55.1 Å². The number of carbonyl (C=O) groups excluding carboxylic acids is 1. The van der Waals surface area contributed by atoms with Gasteiger partial charge in [-0.3, -0.25) is 4.79 Å². The minimum absolute atomic E-state index is 0.0161. The molecule has 0 saturated carbocycles. The SMILES string of the molecule is CN(CCO)c1ccc(Nc2nc(-c3ccc4c(c3)NC(=O)CO4)cn3ccnc23)cn1. The second-order valence-corrected chi connectivity index (χ2v) is 7.36. The third kappa shape index (κ3) is 3.79. The number of likely N-dealkylation sites (N-methyl/N-ethyl adjacent to an activating group) is 1. The first-order valence-electron chi connectivity index (χ1n) is 10.1. The Labute approximate surface area is 183 Å². The topological polar surface area (TPSA) is 117 Å². The molecule has 0 spiro atoms. The number of imidazole rings is 1. The van der Waals surface area contributed by atoms with Crippen molar-refractivity contribution in [3.8, 4) is 17.0 Å². The maximum absolute atomic E-state index is 11.7. The highest BCUT2D eigenvalue weighted by atomic mass is 16.5. The summed E-state index contributed by atoms with van der Waals surface area (Å²) in [6.07, 6.45) is 7.15. The summed E-state index contributed by atoms with van der Waals surface area (Å²) < 4.78 is 7.33. The molecule has 1 aromatic carbocycles. The van der Waals surface area contributed by atoms with Crippen molar-refractivity contribution >= 4 is 34.6 Å². The van der Waals surface area contributed by atoms with Gasteiger partial charge in [-0.1, -0.05) is 0 Å². The number of hydrogen-bond acceptors (Lipinski definition) is 8. The number of rotatable bonds is 6. The zero-order valence-corrected chi connectivity index (χ0v) is 17.3. The molecule has 0 fully saturated rings. The second-order valence-electron chi connectivity index (χ2n) is 7.36. The van der Waals surface area contributed by atoms with E-state index in [1.165, 1.54) is 0 Å². The number of pyridine rings is 1. The van der Waals surface area contributed by atoms with Gasteiger partial charge in [0, 0.05) is 37.7 Å². The van der Waals surface area contributed by atoms with Gasteiger partial charge >= 0.3 is 0 Å². The Morgan fingerprint density at radius 2 is 2.19 bits per heavy atom. The lowest BCUT2D eigenvalue weighted by molar-refractivity contribution is -0.118. The predicted molar refractivity (Wildman–Crippen MR) is 120 cm³/mol. The van der Waals surface area contributed by atoms with Crippen molar-refractivity contribution in [3.63, 3.8) is 0 Å². The van der Waals surface area contributed by atoms with Crippen molar-refractivity contribution in [1.82, 2.24) is 19.4 Å². The first-order valence-corrected chi connectivity index (χ1v) is 10.1. The Hall–Kier alpha value is -4.18. The third-order valence-corrected chi connectivity index (χ3v) is 5.12. The van der Waals surface area contributed by atoms with E-state index in [-0.39, 0.29) is 19.1 Å². The van der Waals surface area contributed by atoms with Gasteiger partial charge in [-0.05, 0) is 30.3 Å². The van der Waals surface area contributed by atoms with Crippen molar-refractivity contribution < 1.29 is 14.6 Å². The number of amides is 1. The van der Waals surface area contributed by atoms with Crippen LogP contribution in [0.2, 0.25) is 0 Å². The van der Waals surface area contributed by atoms with Crippen LogP contribution in [0.3, 0.4) is 0 Å². The average Bonchev–Trinajstić information content (AvgIpc) is 3.28. The smallest absolute Gasteiger partial charge is 0.262 e. The van der Waals surface area contributed by atoms with Gasteiger partial charge in [0.05, 0.1) is 29.9 Å². The van der Waals surface area contributed by atoms with Gasteiger partial charge in [0.1, 0.15) is 11.6 Å². The average molecular weight is 431 g/mol. The van der Waals surface area contributed by atoms with Crippen molar-refractivity contribution in [2.45, 2.75) is 0 Å². The van der Waals surface area contributed by atoms with Crippen LogP contribution in [0.4, 0.5) is 23.0 Å². The van der Waals surface area contributed by atoms with Crippen molar-refractivity contribution in [2.75, 3.05) is 42.3 Å². The summed E-state index contributed by atoms with van der Waals surface area (Å²) in [5.41, 5.74) is 3.57. The summed E-state index contributed by atoms with van der Waals surface area (Å²) in [6, 6.07) is 9.34. The minimum Gasteiger partial charge on any atom is -0.482 e. The van der Waals surface area contributed by atoms with E-state index in [0.717, 1.165) is 17.1 Å².